The number of hydrogen-bond acceptors (Lipinski definition) is 3. The number of H-pyrrole nitrogens is 1. The van der Waals surface area contributed by atoms with E-state index in [9.17, 15) is 14.4 Å². The van der Waals surface area contributed by atoms with E-state index in [1.54, 1.807) is 17.0 Å². The molecule has 0 atom stereocenters. The summed E-state index contributed by atoms with van der Waals surface area (Å²) in [6, 6.07) is 9.95. The Bertz CT molecular complexity index is 762. The summed E-state index contributed by atoms with van der Waals surface area (Å²) < 4.78 is 0. The van der Waals surface area contributed by atoms with E-state index in [4.69, 9.17) is 0 Å². The van der Waals surface area contributed by atoms with Crippen LogP contribution in [0.2, 0.25) is 0 Å². The molecule has 0 aliphatic carbocycles. The lowest BCUT2D eigenvalue weighted by Crippen LogP contribution is -2.25. The zero-order valence-electron chi connectivity index (χ0n) is 11.8. The van der Waals surface area contributed by atoms with Crippen molar-refractivity contribution < 1.29 is 9.59 Å². The summed E-state index contributed by atoms with van der Waals surface area (Å²) in [6.45, 7) is 0.657. The Morgan fingerprint density at radius 1 is 1.14 bits per heavy atom. The number of aromatic nitrogens is 1. The largest absolute Gasteiger partial charge is 0.328 e. The molecule has 2 N–H and O–H groups in total. The van der Waals surface area contributed by atoms with Gasteiger partial charge in [-0.2, -0.15) is 0 Å². The number of hydrogen-bond donors (Lipinski definition) is 2. The van der Waals surface area contributed by atoms with Gasteiger partial charge in [-0.05, 0) is 24.6 Å². The van der Waals surface area contributed by atoms with Gasteiger partial charge in [0.25, 0.3) is 5.91 Å². The van der Waals surface area contributed by atoms with Gasteiger partial charge in [0.05, 0.1) is 16.9 Å². The third kappa shape index (κ3) is 2.76. The molecular formula is C16H15N3O3. The average Bonchev–Trinajstić information content (AvgIpc) is 2.94. The summed E-state index contributed by atoms with van der Waals surface area (Å²) in [5, 5.41) is 2.79. The molecule has 2 heterocycles. The number of carbonyl (C=O) groups is 2. The standard InChI is InChI=1S/C16H15N3O3/c20-14-8-7-11(10-17-14)16(22)18-12-4-1-2-5-13(12)19-9-3-6-15(19)21/h1-2,4-5,7-8,10H,3,6,9H2,(H,17,20)(H,18,22). The van der Waals surface area contributed by atoms with Crippen molar-refractivity contribution in [3.8, 4) is 0 Å². The molecule has 0 radical (unpaired) electrons. The molecule has 1 aromatic carbocycles. The number of carbonyl (C=O) groups excluding carboxylic acids is 2. The molecule has 1 saturated heterocycles. The van der Waals surface area contributed by atoms with E-state index in [1.807, 2.05) is 12.1 Å². The van der Waals surface area contributed by atoms with Crippen LogP contribution in [-0.2, 0) is 4.79 Å². The average molecular weight is 297 g/mol. The predicted molar refractivity (Wildman–Crippen MR) is 83.0 cm³/mol. The molecule has 2 aromatic rings. The molecule has 6 nitrogen and oxygen atoms in total. The first kappa shape index (κ1) is 14.1. The predicted octanol–water partition coefficient (Wildman–Crippen LogP) is 1.75. The molecule has 112 valence electrons. The van der Waals surface area contributed by atoms with Gasteiger partial charge in [0.15, 0.2) is 0 Å². The van der Waals surface area contributed by atoms with E-state index in [2.05, 4.69) is 10.3 Å². The van der Waals surface area contributed by atoms with Gasteiger partial charge in [-0.25, -0.2) is 0 Å². The monoisotopic (exact) mass is 297 g/mol. The minimum absolute atomic E-state index is 0.0609. The van der Waals surface area contributed by atoms with Gasteiger partial charge in [0, 0.05) is 25.2 Å². The number of benzene rings is 1. The highest BCUT2D eigenvalue weighted by Crippen LogP contribution is 2.29. The summed E-state index contributed by atoms with van der Waals surface area (Å²) in [5.41, 5.74) is 1.36. The van der Waals surface area contributed by atoms with Crippen molar-refractivity contribution in [2.45, 2.75) is 12.8 Å². The van der Waals surface area contributed by atoms with E-state index in [1.165, 1.54) is 18.3 Å². The fraction of sp³-hybridized carbons (Fsp3) is 0.188. The fourth-order valence-electron chi connectivity index (χ4n) is 2.46. The second-order valence-electron chi connectivity index (χ2n) is 5.06. The van der Waals surface area contributed by atoms with Crippen molar-refractivity contribution in [2.75, 3.05) is 16.8 Å². The van der Waals surface area contributed by atoms with Crippen LogP contribution in [0.5, 0.6) is 0 Å². The maximum atomic E-state index is 12.2. The van der Waals surface area contributed by atoms with Crippen molar-refractivity contribution >= 4 is 23.2 Å². The lowest BCUT2D eigenvalue weighted by Gasteiger charge is -2.19. The van der Waals surface area contributed by atoms with E-state index >= 15 is 0 Å². The van der Waals surface area contributed by atoms with Gasteiger partial charge in [0.2, 0.25) is 11.5 Å². The zero-order valence-corrected chi connectivity index (χ0v) is 11.8. The second-order valence-corrected chi connectivity index (χ2v) is 5.06. The summed E-state index contributed by atoms with van der Waals surface area (Å²) in [7, 11) is 0. The lowest BCUT2D eigenvalue weighted by atomic mass is 10.2. The summed E-state index contributed by atoms with van der Waals surface area (Å²) in [6.07, 6.45) is 2.71. The Kier molecular flexibility index (Phi) is 3.74. The molecule has 1 fully saturated rings. The van der Waals surface area contributed by atoms with Crippen molar-refractivity contribution in [3.05, 3.63) is 58.5 Å². The molecule has 1 aliphatic heterocycles. The molecule has 2 amide bonds. The molecule has 6 heteroatoms. The maximum absolute atomic E-state index is 12.2. The SMILES string of the molecule is O=C(Nc1ccccc1N1CCCC1=O)c1ccc(=O)[nH]c1. The van der Waals surface area contributed by atoms with Gasteiger partial charge in [-0.1, -0.05) is 12.1 Å². The van der Waals surface area contributed by atoms with Crippen LogP contribution in [0.25, 0.3) is 0 Å². The van der Waals surface area contributed by atoms with Crippen molar-refractivity contribution in [1.82, 2.24) is 4.98 Å². The number of amides is 2. The lowest BCUT2D eigenvalue weighted by molar-refractivity contribution is -0.117. The topological polar surface area (TPSA) is 82.3 Å². The molecule has 0 unspecified atom stereocenters. The van der Waals surface area contributed by atoms with Gasteiger partial charge in [-0.15, -0.1) is 0 Å². The normalized spacial score (nSPS) is 14.2. The molecule has 0 bridgehead atoms. The van der Waals surface area contributed by atoms with Gasteiger partial charge in [-0.3, -0.25) is 14.4 Å². The van der Waals surface area contributed by atoms with Crippen molar-refractivity contribution in [3.63, 3.8) is 0 Å². The molecule has 0 saturated carbocycles. The van der Waals surface area contributed by atoms with E-state index in [-0.39, 0.29) is 17.4 Å². The minimum atomic E-state index is -0.338. The van der Waals surface area contributed by atoms with Crippen LogP contribution in [0.3, 0.4) is 0 Å². The van der Waals surface area contributed by atoms with Crippen LogP contribution >= 0.6 is 0 Å². The number of pyridine rings is 1. The van der Waals surface area contributed by atoms with Crippen LogP contribution in [0, 0.1) is 0 Å². The van der Waals surface area contributed by atoms with E-state index in [0.29, 0.717) is 29.9 Å². The molecule has 22 heavy (non-hydrogen) atoms. The van der Waals surface area contributed by atoms with Crippen molar-refractivity contribution in [1.29, 1.82) is 0 Å². The van der Waals surface area contributed by atoms with E-state index < -0.39 is 0 Å². The summed E-state index contributed by atoms with van der Waals surface area (Å²) in [4.78, 5) is 39.3. The smallest absolute Gasteiger partial charge is 0.257 e. The molecule has 1 aliphatic rings. The van der Waals surface area contributed by atoms with E-state index in [0.717, 1.165) is 6.42 Å². The Hall–Kier alpha value is -2.89. The highest BCUT2D eigenvalue weighted by Gasteiger charge is 2.24. The quantitative estimate of drug-likeness (QED) is 0.905. The first-order valence-electron chi connectivity index (χ1n) is 7.04. The Morgan fingerprint density at radius 2 is 1.95 bits per heavy atom. The Balaban J connectivity index is 1.86. The third-order valence-electron chi connectivity index (χ3n) is 3.56. The molecule has 1 aromatic heterocycles. The van der Waals surface area contributed by atoms with Crippen LogP contribution < -0.4 is 15.8 Å². The number of nitrogens with one attached hydrogen (secondary N) is 2. The van der Waals surface area contributed by atoms with Gasteiger partial charge in [0.1, 0.15) is 0 Å². The van der Waals surface area contributed by atoms with Crippen molar-refractivity contribution in [2.24, 2.45) is 0 Å². The molecule has 0 spiro atoms. The van der Waals surface area contributed by atoms with Crippen LogP contribution in [0.4, 0.5) is 11.4 Å². The molecule has 3 rings (SSSR count). The fourth-order valence-corrected chi connectivity index (χ4v) is 2.46. The van der Waals surface area contributed by atoms with Gasteiger partial charge >= 0.3 is 0 Å². The first-order chi connectivity index (χ1) is 10.6. The van der Waals surface area contributed by atoms with Crippen LogP contribution in [0.1, 0.15) is 23.2 Å². The minimum Gasteiger partial charge on any atom is -0.328 e. The zero-order chi connectivity index (χ0) is 15.5. The number of aromatic amines is 1. The van der Waals surface area contributed by atoms with Crippen LogP contribution in [-0.4, -0.2) is 23.3 Å². The molecular weight excluding hydrogens is 282 g/mol. The summed E-state index contributed by atoms with van der Waals surface area (Å²) in [5.74, 6) is -0.277. The Morgan fingerprint density at radius 3 is 2.64 bits per heavy atom. The Labute approximate surface area is 126 Å². The second kappa shape index (κ2) is 5.85. The van der Waals surface area contributed by atoms with Crippen LogP contribution in [0.15, 0.2) is 47.4 Å². The number of rotatable bonds is 3. The number of para-hydroxylation sites is 2. The highest BCUT2D eigenvalue weighted by atomic mass is 16.2. The first-order valence-corrected chi connectivity index (χ1v) is 7.04. The third-order valence-corrected chi connectivity index (χ3v) is 3.56. The van der Waals surface area contributed by atoms with Gasteiger partial charge < -0.3 is 15.2 Å². The number of nitrogens with zero attached hydrogens (tertiary/aromatic N) is 1. The number of anilines is 2. The summed E-state index contributed by atoms with van der Waals surface area (Å²) >= 11 is 0. The highest BCUT2D eigenvalue weighted by molar-refractivity contribution is 6.07. The maximum Gasteiger partial charge on any atom is 0.257 e.